The van der Waals surface area contributed by atoms with Gasteiger partial charge < -0.3 is 9.47 Å². The molecule has 1 saturated heterocycles. The molecular weight excluding hydrogens is 569 g/mol. The Labute approximate surface area is 263 Å². The summed E-state index contributed by atoms with van der Waals surface area (Å²) in [6.45, 7) is 18.7. The third kappa shape index (κ3) is 12.3. The number of rotatable bonds is 17. The number of ether oxygens (including phenoxy) is 2. The molecule has 0 bridgehead atoms. The van der Waals surface area contributed by atoms with Gasteiger partial charge in [-0.3, -0.25) is 0 Å². The van der Waals surface area contributed by atoms with E-state index >= 15 is 0 Å². The molecule has 1 heterocycles. The van der Waals surface area contributed by atoms with E-state index in [1.165, 1.54) is 16.7 Å². The van der Waals surface area contributed by atoms with Crippen molar-refractivity contribution in [2.75, 3.05) is 6.61 Å². The molecule has 43 heavy (non-hydrogen) atoms. The summed E-state index contributed by atoms with van der Waals surface area (Å²) in [5.41, 5.74) is 5.86. The average Bonchev–Trinajstić information content (AvgIpc) is 3.55. The van der Waals surface area contributed by atoms with Crippen LogP contribution in [0.1, 0.15) is 70.9 Å². The van der Waals surface area contributed by atoms with Crippen LogP contribution in [0.4, 0.5) is 0 Å². The highest BCUT2D eigenvalue weighted by Crippen LogP contribution is 2.39. The van der Waals surface area contributed by atoms with Gasteiger partial charge in [0.25, 0.3) is 0 Å². The minimum Gasteiger partial charge on any atom is -0.373 e. The fourth-order valence-electron chi connectivity index (χ4n) is 5.39. The summed E-state index contributed by atoms with van der Waals surface area (Å²) < 4.78 is 39.7. The number of allylic oxidation sites excluding steroid dienone is 4. The SMILES string of the molecule is C/C(=C\COCc1ccccc1)CC/C=C(/CC(/C=C(\C)CCC1OC1(C)C)S(=O)(=O)c1ccc(C)cc1)C[Si](C)(C)C. The molecule has 0 aliphatic carbocycles. The Hall–Kier alpha value is -2.25. The molecule has 2 aromatic rings. The Balaban J connectivity index is 1.74. The van der Waals surface area contributed by atoms with E-state index in [1.807, 2.05) is 43.3 Å². The maximum atomic E-state index is 14.1. The maximum Gasteiger partial charge on any atom is 0.185 e. The molecule has 4 nitrogen and oxygen atoms in total. The van der Waals surface area contributed by atoms with Crippen molar-refractivity contribution in [1.29, 1.82) is 0 Å². The summed E-state index contributed by atoms with van der Waals surface area (Å²) in [5.74, 6) is 0. The zero-order chi connectivity index (χ0) is 31.7. The van der Waals surface area contributed by atoms with Gasteiger partial charge in [0, 0.05) is 8.07 Å². The first-order chi connectivity index (χ1) is 20.2. The van der Waals surface area contributed by atoms with Gasteiger partial charge in [0.1, 0.15) is 0 Å². The van der Waals surface area contributed by atoms with Crippen LogP contribution in [0.3, 0.4) is 0 Å². The molecule has 0 aromatic heterocycles. The summed E-state index contributed by atoms with van der Waals surface area (Å²) in [7, 11) is -5.03. The van der Waals surface area contributed by atoms with Crippen LogP contribution in [0, 0.1) is 6.92 Å². The summed E-state index contributed by atoms with van der Waals surface area (Å²) in [4.78, 5) is 0.403. The average molecular weight is 623 g/mol. The molecule has 0 radical (unpaired) electrons. The smallest absolute Gasteiger partial charge is 0.185 e. The van der Waals surface area contributed by atoms with E-state index in [1.54, 1.807) is 12.1 Å². The fourth-order valence-corrected chi connectivity index (χ4v) is 8.75. The lowest BCUT2D eigenvalue weighted by atomic mass is 10.0. The minimum absolute atomic E-state index is 0.0541. The van der Waals surface area contributed by atoms with Gasteiger partial charge in [0.15, 0.2) is 9.84 Å². The van der Waals surface area contributed by atoms with E-state index in [2.05, 4.69) is 71.6 Å². The Bertz CT molecular complexity index is 1360. The lowest BCUT2D eigenvalue weighted by molar-refractivity contribution is 0.148. The van der Waals surface area contributed by atoms with E-state index < -0.39 is 23.2 Å². The molecule has 1 fully saturated rings. The lowest BCUT2D eigenvalue weighted by Gasteiger charge is -2.23. The first-order valence-corrected chi connectivity index (χ1v) is 21.0. The number of benzene rings is 2. The Kier molecular flexibility index (Phi) is 12.8. The normalized spacial score (nSPS) is 18.5. The minimum atomic E-state index is -3.55. The monoisotopic (exact) mass is 622 g/mol. The third-order valence-corrected chi connectivity index (χ3v) is 11.6. The van der Waals surface area contributed by atoms with Gasteiger partial charge in [-0.1, -0.05) is 103 Å². The second kappa shape index (κ2) is 15.7. The zero-order valence-corrected chi connectivity index (χ0v) is 29.6. The van der Waals surface area contributed by atoms with Crippen molar-refractivity contribution < 1.29 is 17.9 Å². The zero-order valence-electron chi connectivity index (χ0n) is 27.8. The Morgan fingerprint density at radius 3 is 2.23 bits per heavy atom. The van der Waals surface area contributed by atoms with Crippen molar-refractivity contribution in [1.82, 2.24) is 0 Å². The number of epoxide rings is 1. The molecule has 2 unspecified atom stereocenters. The van der Waals surface area contributed by atoms with Crippen LogP contribution in [-0.2, 0) is 25.9 Å². The van der Waals surface area contributed by atoms with Crippen molar-refractivity contribution in [3.63, 3.8) is 0 Å². The third-order valence-electron chi connectivity index (χ3n) is 8.04. The van der Waals surface area contributed by atoms with Gasteiger partial charge in [-0.2, -0.15) is 0 Å². The highest BCUT2D eigenvalue weighted by molar-refractivity contribution is 7.92. The first-order valence-electron chi connectivity index (χ1n) is 15.8. The molecule has 2 aromatic carbocycles. The Morgan fingerprint density at radius 1 is 0.977 bits per heavy atom. The van der Waals surface area contributed by atoms with Crippen molar-refractivity contribution >= 4 is 17.9 Å². The highest BCUT2D eigenvalue weighted by Gasteiger charge is 2.46. The van der Waals surface area contributed by atoms with Crippen LogP contribution in [-0.4, -0.2) is 40.1 Å². The molecule has 1 aliphatic rings. The Morgan fingerprint density at radius 2 is 1.63 bits per heavy atom. The maximum absolute atomic E-state index is 14.1. The predicted molar refractivity (Wildman–Crippen MR) is 184 cm³/mol. The van der Waals surface area contributed by atoms with E-state index in [0.717, 1.165) is 42.9 Å². The molecule has 236 valence electrons. The van der Waals surface area contributed by atoms with Gasteiger partial charge in [-0.05, 0) is 90.5 Å². The summed E-state index contributed by atoms with van der Waals surface area (Å²) >= 11 is 0. The molecule has 6 heteroatoms. The number of aryl methyl sites for hydroxylation is 1. The van der Waals surface area contributed by atoms with Gasteiger partial charge in [0.2, 0.25) is 0 Å². The number of sulfone groups is 1. The summed E-state index contributed by atoms with van der Waals surface area (Å²) in [6, 6.07) is 18.5. The molecule has 0 spiro atoms. The molecule has 2 atom stereocenters. The highest BCUT2D eigenvalue weighted by atomic mass is 32.2. The molecule has 1 aliphatic heterocycles. The van der Waals surface area contributed by atoms with Crippen LogP contribution < -0.4 is 0 Å². The number of hydrogen-bond donors (Lipinski definition) is 0. The van der Waals surface area contributed by atoms with E-state index in [-0.39, 0.29) is 11.7 Å². The van der Waals surface area contributed by atoms with E-state index in [9.17, 15) is 8.42 Å². The van der Waals surface area contributed by atoms with Gasteiger partial charge >= 0.3 is 0 Å². The van der Waals surface area contributed by atoms with Crippen molar-refractivity contribution in [2.24, 2.45) is 0 Å². The van der Waals surface area contributed by atoms with Crippen LogP contribution in [0.25, 0.3) is 0 Å². The van der Waals surface area contributed by atoms with E-state index in [4.69, 9.17) is 9.47 Å². The van der Waals surface area contributed by atoms with Gasteiger partial charge in [-0.15, -0.1) is 0 Å². The van der Waals surface area contributed by atoms with Crippen LogP contribution >= 0.6 is 0 Å². The predicted octanol–water partition coefficient (Wildman–Crippen LogP) is 9.64. The van der Waals surface area contributed by atoms with Crippen molar-refractivity contribution in [3.8, 4) is 0 Å². The second-order valence-corrected chi connectivity index (χ2v) is 21.7. The van der Waals surface area contributed by atoms with Gasteiger partial charge in [0.05, 0.1) is 35.1 Å². The van der Waals surface area contributed by atoms with Crippen LogP contribution in [0.2, 0.25) is 25.7 Å². The standard InChI is InChI=1S/C37H54O4SSi/c1-29(23-24-40-27-32-14-10-9-11-15-32)13-12-16-33(28-43(6,7)8)26-35(25-31(3)19-22-36-37(4,5)41-36)42(38,39)34-20-17-30(2)18-21-34/h9-11,14-18,20-21,23,25,35-36H,12-13,19,22,24,26-28H2,1-8H3/b29-23+,31-25+,33-16-. The molecular formula is C37H54O4SSi. The quantitative estimate of drug-likeness (QED) is 0.0763. The van der Waals surface area contributed by atoms with Crippen molar-refractivity contribution in [2.45, 2.75) is 121 Å². The lowest BCUT2D eigenvalue weighted by Crippen LogP contribution is -2.25. The topological polar surface area (TPSA) is 55.9 Å². The van der Waals surface area contributed by atoms with E-state index in [0.29, 0.717) is 24.5 Å². The molecule has 3 rings (SSSR count). The van der Waals surface area contributed by atoms with Crippen molar-refractivity contribution in [3.05, 3.63) is 101 Å². The summed E-state index contributed by atoms with van der Waals surface area (Å²) in [6.07, 6.45) is 10.9. The van der Waals surface area contributed by atoms with Crippen LogP contribution in [0.15, 0.2) is 94.4 Å². The van der Waals surface area contributed by atoms with Gasteiger partial charge in [-0.25, -0.2) is 8.42 Å². The fraction of sp³-hybridized carbons (Fsp3) is 0.514. The second-order valence-electron chi connectivity index (χ2n) is 14.1. The van der Waals surface area contributed by atoms with Crippen LogP contribution in [0.5, 0.6) is 0 Å². The number of hydrogen-bond acceptors (Lipinski definition) is 4. The molecule has 0 amide bonds. The largest absolute Gasteiger partial charge is 0.373 e. The molecule has 0 saturated carbocycles. The first kappa shape index (κ1) is 35.2. The molecule has 0 N–H and O–H groups in total. The summed E-state index contributed by atoms with van der Waals surface area (Å²) in [5, 5.41) is -0.589.